The molecule has 0 atom stereocenters. The van der Waals surface area contributed by atoms with Crippen LogP contribution in [-0.4, -0.2) is 22.3 Å². The summed E-state index contributed by atoms with van der Waals surface area (Å²) in [6.45, 7) is 19.3. The standard InChI is InChI=1S/C47H78O4/c1-10-11-12-13-14-15-16-17-18-19-20-21-22-23-24-25-45(48)51-40(28-26-38-30-41(34(2)3)46(49)42(31-38)35(4)5)29-27-39-32-43(36(6)7)47(50)44(33-39)37(8)9/h30-37,40,49-50H,10-29H2,1-9H3. The van der Waals surface area contributed by atoms with E-state index in [0.717, 1.165) is 60.8 Å². The third-order valence-electron chi connectivity index (χ3n) is 10.7. The lowest BCUT2D eigenvalue weighted by Crippen LogP contribution is -2.20. The van der Waals surface area contributed by atoms with Gasteiger partial charge in [-0.25, -0.2) is 0 Å². The predicted octanol–water partition coefficient (Wildman–Crippen LogP) is 14.3. The van der Waals surface area contributed by atoms with Crippen LogP contribution < -0.4 is 0 Å². The van der Waals surface area contributed by atoms with Crippen molar-refractivity contribution in [1.29, 1.82) is 0 Å². The summed E-state index contributed by atoms with van der Waals surface area (Å²) in [7, 11) is 0. The lowest BCUT2D eigenvalue weighted by molar-refractivity contribution is -0.149. The van der Waals surface area contributed by atoms with Gasteiger partial charge in [0.15, 0.2) is 0 Å². The van der Waals surface area contributed by atoms with Crippen LogP contribution in [0.2, 0.25) is 0 Å². The van der Waals surface area contributed by atoms with Crippen molar-refractivity contribution in [1.82, 2.24) is 0 Å². The SMILES string of the molecule is CCCCCCCCCCCCCCCCCC(=O)OC(CCc1cc(C(C)C)c(O)c(C(C)C)c1)CCc1cc(C(C)C)c(O)c(C(C)C)c1. The van der Waals surface area contributed by atoms with Gasteiger partial charge in [-0.2, -0.15) is 0 Å². The van der Waals surface area contributed by atoms with Crippen LogP contribution in [0.4, 0.5) is 0 Å². The fraction of sp³-hybridized carbons (Fsp3) is 0.723. The molecular weight excluding hydrogens is 629 g/mol. The van der Waals surface area contributed by atoms with Gasteiger partial charge in [-0.15, -0.1) is 0 Å². The fourth-order valence-corrected chi connectivity index (χ4v) is 7.34. The van der Waals surface area contributed by atoms with Crippen LogP contribution in [0.3, 0.4) is 0 Å². The Hall–Kier alpha value is -2.49. The average Bonchev–Trinajstić information content (AvgIpc) is 3.07. The molecule has 0 fully saturated rings. The maximum Gasteiger partial charge on any atom is 0.306 e. The number of unbranched alkanes of at least 4 members (excludes halogenated alkanes) is 14. The molecule has 4 nitrogen and oxygen atoms in total. The maximum absolute atomic E-state index is 13.2. The van der Waals surface area contributed by atoms with Crippen molar-refractivity contribution in [2.45, 2.75) is 221 Å². The summed E-state index contributed by atoms with van der Waals surface area (Å²) < 4.78 is 6.23. The van der Waals surface area contributed by atoms with Crippen LogP contribution in [0.5, 0.6) is 11.5 Å². The molecule has 0 saturated heterocycles. The van der Waals surface area contributed by atoms with Gasteiger partial charge in [0.25, 0.3) is 0 Å². The minimum absolute atomic E-state index is 0.0809. The van der Waals surface area contributed by atoms with E-state index in [4.69, 9.17) is 4.74 Å². The third-order valence-corrected chi connectivity index (χ3v) is 10.7. The number of aryl methyl sites for hydroxylation is 2. The van der Waals surface area contributed by atoms with Gasteiger partial charge in [-0.05, 0) is 89.2 Å². The van der Waals surface area contributed by atoms with Crippen molar-refractivity contribution in [3.05, 3.63) is 57.6 Å². The molecule has 2 aromatic carbocycles. The Bertz CT molecular complexity index is 1130. The van der Waals surface area contributed by atoms with Gasteiger partial charge in [0.2, 0.25) is 0 Å². The van der Waals surface area contributed by atoms with Crippen LogP contribution in [0.15, 0.2) is 24.3 Å². The van der Waals surface area contributed by atoms with Crippen molar-refractivity contribution in [2.75, 3.05) is 0 Å². The maximum atomic E-state index is 13.2. The summed E-state index contributed by atoms with van der Waals surface area (Å²) in [5.41, 5.74) is 6.35. The first-order valence-electron chi connectivity index (χ1n) is 21.3. The van der Waals surface area contributed by atoms with Crippen molar-refractivity contribution in [3.63, 3.8) is 0 Å². The normalized spacial score (nSPS) is 12.0. The molecule has 51 heavy (non-hydrogen) atoms. The highest BCUT2D eigenvalue weighted by atomic mass is 16.5. The van der Waals surface area contributed by atoms with Crippen molar-refractivity contribution >= 4 is 5.97 Å². The third kappa shape index (κ3) is 16.8. The summed E-state index contributed by atoms with van der Waals surface area (Å²) >= 11 is 0. The molecule has 0 bridgehead atoms. The number of ether oxygens (including phenoxy) is 1. The summed E-state index contributed by atoms with van der Waals surface area (Å²) in [5, 5.41) is 21.9. The zero-order valence-corrected chi connectivity index (χ0v) is 34.5. The molecule has 0 saturated carbocycles. The number of carbonyl (C=O) groups is 1. The van der Waals surface area contributed by atoms with Gasteiger partial charge in [-0.1, -0.05) is 176 Å². The summed E-state index contributed by atoms with van der Waals surface area (Å²) in [4.78, 5) is 13.2. The molecule has 0 radical (unpaired) electrons. The van der Waals surface area contributed by atoms with E-state index in [0.29, 0.717) is 17.9 Å². The predicted molar refractivity (Wildman–Crippen MR) is 219 cm³/mol. The number of carbonyl (C=O) groups excluding carboxylic acids is 1. The van der Waals surface area contributed by atoms with E-state index >= 15 is 0 Å². The number of phenols is 2. The minimum Gasteiger partial charge on any atom is -0.507 e. The zero-order valence-electron chi connectivity index (χ0n) is 34.5. The molecule has 290 valence electrons. The van der Waals surface area contributed by atoms with Crippen LogP contribution in [-0.2, 0) is 22.4 Å². The first-order chi connectivity index (χ1) is 24.3. The molecule has 0 aliphatic heterocycles. The first kappa shape index (κ1) is 44.7. The Kier molecular flexibility index (Phi) is 21.6. The van der Waals surface area contributed by atoms with E-state index in [1.807, 2.05) is 0 Å². The Morgan fingerprint density at radius 1 is 0.510 bits per heavy atom. The Morgan fingerprint density at radius 2 is 0.804 bits per heavy atom. The number of benzene rings is 2. The van der Waals surface area contributed by atoms with Crippen LogP contribution in [0.1, 0.15) is 235 Å². The van der Waals surface area contributed by atoms with E-state index in [2.05, 4.69) is 86.6 Å². The van der Waals surface area contributed by atoms with E-state index in [1.54, 1.807) is 0 Å². The lowest BCUT2D eigenvalue weighted by atomic mass is 9.89. The van der Waals surface area contributed by atoms with Crippen molar-refractivity contribution in [3.8, 4) is 11.5 Å². The largest absolute Gasteiger partial charge is 0.507 e. The second-order valence-corrected chi connectivity index (χ2v) is 16.8. The van der Waals surface area contributed by atoms with Crippen molar-refractivity contribution < 1.29 is 19.7 Å². The van der Waals surface area contributed by atoms with Gasteiger partial charge in [0, 0.05) is 6.42 Å². The molecule has 0 spiro atoms. The van der Waals surface area contributed by atoms with Crippen LogP contribution >= 0.6 is 0 Å². The molecule has 4 heteroatoms. The molecule has 2 rings (SSSR count). The van der Waals surface area contributed by atoms with Gasteiger partial charge in [0.1, 0.15) is 17.6 Å². The monoisotopic (exact) mass is 707 g/mol. The highest BCUT2D eigenvalue weighted by molar-refractivity contribution is 5.69. The quantitative estimate of drug-likeness (QED) is 0.0717. The highest BCUT2D eigenvalue weighted by Crippen LogP contribution is 2.37. The fourth-order valence-electron chi connectivity index (χ4n) is 7.34. The first-order valence-corrected chi connectivity index (χ1v) is 21.3. The van der Waals surface area contributed by atoms with E-state index < -0.39 is 0 Å². The molecule has 0 aromatic heterocycles. The lowest BCUT2D eigenvalue weighted by Gasteiger charge is -2.22. The number of rotatable bonds is 27. The van der Waals surface area contributed by atoms with Crippen LogP contribution in [0, 0.1) is 0 Å². The van der Waals surface area contributed by atoms with E-state index in [-0.39, 0.29) is 35.7 Å². The van der Waals surface area contributed by atoms with Gasteiger partial charge in [-0.3, -0.25) is 4.79 Å². The molecule has 0 amide bonds. The summed E-state index contributed by atoms with van der Waals surface area (Å²) in [5.74, 6) is 1.67. The van der Waals surface area contributed by atoms with Gasteiger partial charge in [0.05, 0.1) is 0 Å². The number of phenolic OH excluding ortho intramolecular Hbond substituents is 2. The molecular formula is C47H78O4. The second kappa shape index (κ2) is 24.7. The Labute approximate surface area is 314 Å². The molecule has 0 heterocycles. The topological polar surface area (TPSA) is 66.8 Å². The van der Waals surface area contributed by atoms with E-state index in [9.17, 15) is 15.0 Å². The number of aromatic hydroxyl groups is 2. The van der Waals surface area contributed by atoms with E-state index in [1.165, 1.54) is 94.6 Å². The second-order valence-electron chi connectivity index (χ2n) is 16.8. The van der Waals surface area contributed by atoms with Crippen molar-refractivity contribution in [2.24, 2.45) is 0 Å². The zero-order chi connectivity index (χ0) is 37.8. The summed E-state index contributed by atoms with van der Waals surface area (Å²) in [6.07, 6.45) is 23.0. The number of hydrogen-bond acceptors (Lipinski definition) is 4. The smallest absolute Gasteiger partial charge is 0.306 e. The van der Waals surface area contributed by atoms with Gasteiger partial charge < -0.3 is 14.9 Å². The molecule has 0 aliphatic carbocycles. The minimum atomic E-state index is -0.188. The van der Waals surface area contributed by atoms with Gasteiger partial charge >= 0.3 is 5.97 Å². The number of esters is 1. The Morgan fingerprint density at radius 3 is 1.10 bits per heavy atom. The molecule has 0 aliphatic rings. The molecule has 0 unspecified atom stereocenters. The highest BCUT2D eigenvalue weighted by Gasteiger charge is 2.20. The van der Waals surface area contributed by atoms with Crippen LogP contribution in [0.25, 0.3) is 0 Å². The Balaban J connectivity index is 1.95. The molecule has 2 aromatic rings. The summed E-state index contributed by atoms with van der Waals surface area (Å²) in [6, 6.07) is 8.57. The number of hydrogen-bond donors (Lipinski definition) is 2. The molecule has 2 N–H and O–H groups in total. The average molecular weight is 707 g/mol.